The van der Waals surface area contributed by atoms with Gasteiger partial charge in [-0.05, 0) is 12.1 Å². The Labute approximate surface area is 102 Å². The van der Waals surface area contributed by atoms with Gasteiger partial charge in [-0.2, -0.15) is 0 Å². The Bertz CT molecular complexity index is 446. The molecule has 0 fully saturated rings. The molecule has 0 N–H and O–H groups in total. The van der Waals surface area contributed by atoms with Crippen LogP contribution in [0.15, 0.2) is 52.0 Å². The maximum atomic E-state index is 12.2. The molecule has 0 saturated heterocycles. The molecule has 0 bridgehead atoms. The molecule has 0 aliphatic carbocycles. The van der Waals surface area contributed by atoms with Crippen LogP contribution in [0.1, 0.15) is 0 Å². The maximum absolute atomic E-state index is 12.2. The first-order chi connectivity index (χ1) is 8.19. The molecule has 4 nitrogen and oxygen atoms in total. The van der Waals surface area contributed by atoms with Gasteiger partial charge in [0, 0.05) is 18.0 Å². The lowest BCUT2D eigenvalue weighted by Gasteiger charge is -2.02. The molecule has 0 aliphatic rings. The minimum absolute atomic E-state index is 0.193. The van der Waals surface area contributed by atoms with Crippen LogP contribution in [0.3, 0.4) is 0 Å². The summed E-state index contributed by atoms with van der Waals surface area (Å²) in [6.45, 7) is -0.884. The van der Waals surface area contributed by atoms with Gasteiger partial charge >= 0.3 is 0 Å². The molecule has 0 unspecified atom stereocenters. The number of nitro groups is 1. The van der Waals surface area contributed by atoms with Crippen molar-refractivity contribution < 1.29 is 9.31 Å². The Kier molecular flexibility index (Phi) is 5.35. The molecular weight excluding hydrogens is 243 g/mol. The maximum Gasteiger partial charge on any atom is 0.299 e. The third-order valence-corrected chi connectivity index (χ3v) is 2.94. The largest absolute Gasteiger partial charge is 0.299 e. The molecule has 0 spiro atoms. The topological polar surface area (TPSA) is 55.5 Å². The highest BCUT2D eigenvalue weighted by Crippen LogP contribution is 2.23. The Morgan fingerprint density at radius 2 is 2.18 bits per heavy atom. The van der Waals surface area contributed by atoms with Crippen LogP contribution in [0, 0.1) is 10.1 Å². The van der Waals surface area contributed by atoms with Gasteiger partial charge in [0.05, 0.1) is 4.92 Å². The van der Waals surface area contributed by atoms with Crippen molar-refractivity contribution in [2.75, 3.05) is 13.7 Å². The standard InChI is InChI=1S/C11H11FN2O2S/c1-13-11(10(7-8-12)14(15)16)17-9-5-3-2-4-6-9/h2-7H,8H2,1H3/b10-7+,13-11+. The average Bonchev–Trinajstić information content (AvgIpc) is 2.34. The minimum atomic E-state index is -0.884. The molecule has 0 amide bonds. The van der Waals surface area contributed by atoms with Crippen molar-refractivity contribution in [3.8, 4) is 0 Å². The van der Waals surface area contributed by atoms with Gasteiger partial charge in [0.2, 0.25) is 0 Å². The zero-order valence-electron chi connectivity index (χ0n) is 9.17. The van der Waals surface area contributed by atoms with Crippen molar-refractivity contribution in [3.05, 3.63) is 52.2 Å². The first-order valence-corrected chi connectivity index (χ1v) is 5.61. The quantitative estimate of drug-likeness (QED) is 0.273. The monoisotopic (exact) mass is 254 g/mol. The number of hydrogen-bond acceptors (Lipinski definition) is 4. The smallest absolute Gasteiger partial charge is 0.275 e. The van der Waals surface area contributed by atoms with Crippen LogP contribution in [0.2, 0.25) is 0 Å². The zero-order chi connectivity index (χ0) is 12.7. The van der Waals surface area contributed by atoms with E-state index in [9.17, 15) is 14.5 Å². The highest BCUT2D eigenvalue weighted by Gasteiger charge is 2.19. The predicted octanol–water partition coefficient (Wildman–Crippen LogP) is 2.94. The molecule has 17 heavy (non-hydrogen) atoms. The molecule has 0 aliphatic heterocycles. The lowest BCUT2D eigenvalue weighted by molar-refractivity contribution is -0.414. The fourth-order valence-electron chi connectivity index (χ4n) is 1.13. The van der Waals surface area contributed by atoms with Crippen LogP contribution in [-0.4, -0.2) is 23.7 Å². The molecule has 1 aromatic rings. The summed E-state index contributed by atoms with van der Waals surface area (Å²) in [4.78, 5) is 14.8. The fraction of sp³-hybridized carbons (Fsp3) is 0.182. The third kappa shape index (κ3) is 3.99. The Morgan fingerprint density at radius 1 is 1.53 bits per heavy atom. The van der Waals surface area contributed by atoms with E-state index in [0.717, 1.165) is 22.7 Å². The van der Waals surface area contributed by atoms with Crippen LogP contribution in [0.5, 0.6) is 0 Å². The number of aliphatic imine (C=N–C) groups is 1. The third-order valence-electron chi connectivity index (χ3n) is 1.85. The van der Waals surface area contributed by atoms with Gasteiger partial charge in [-0.25, -0.2) is 4.39 Å². The summed E-state index contributed by atoms with van der Waals surface area (Å²) in [6.07, 6.45) is 0.915. The van der Waals surface area contributed by atoms with Gasteiger partial charge in [0.25, 0.3) is 5.70 Å². The summed E-state index contributed by atoms with van der Waals surface area (Å²) < 4.78 is 12.2. The molecule has 0 aromatic heterocycles. The first-order valence-electron chi connectivity index (χ1n) is 4.79. The van der Waals surface area contributed by atoms with Gasteiger partial charge in [-0.15, -0.1) is 0 Å². The molecule has 1 aromatic carbocycles. The number of nitrogens with zero attached hydrogens (tertiary/aromatic N) is 2. The molecule has 0 atom stereocenters. The van der Waals surface area contributed by atoms with E-state index < -0.39 is 11.6 Å². The summed E-state index contributed by atoms with van der Waals surface area (Å²) in [6, 6.07) is 9.10. The van der Waals surface area contributed by atoms with Crippen molar-refractivity contribution in [3.63, 3.8) is 0 Å². The Morgan fingerprint density at radius 3 is 2.65 bits per heavy atom. The van der Waals surface area contributed by atoms with Crippen LogP contribution in [0.25, 0.3) is 0 Å². The van der Waals surface area contributed by atoms with E-state index in [-0.39, 0.29) is 10.7 Å². The second-order valence-corrected chi connectivity index (χ2v) is 4.01. The minimum Gasteiger partial charge on any atom is -0.275 e. The number of alkyl halides is 1. The number of halogens is 1. The summed E-state index contributed by atoms with van der Waals surface area (Å²) in [7, 11) is 1.45. The van der Waals surface area contributed by atoms with Crippen LogP contribution < -0.4 is 0 Å². The predicted molar refractivity (Wildman–Crippen MR) is 66.7 cm³/mol. The van der Waals surface area contributed by atoms with Gasteiger partial charge < -0.3 is 0 Å². The summed E-state index contributed by atoms with van der Waals surface area (Å²) in [5.41, 5.74) is -0.302. The van der Waals surface area contributed by atoms with Crippen molar-refractivity contribution in [1.29, 1.82) is 0 Å². The van der Waals surface area contributed by atoms with Crippen LogP contribution in [-0.2, 0) is 0 Å². The highest BCUT2D eigenvalue weighted by molar-refractivity contribution is 8.14. The average molecular weight is 254 g/mol. The number of hydrogen-bond donors (Lipinski definition) is 0. The zero-order valence-corrected chi connectivity index (χ0v) is 9.98. The normalized spacial score (nSPS) is 12.6. The van der Waals surface area contributed by atoms with Crippen molar-refractivity contribution in [2.24, 2.45) is 4.99 Å². The second-order valence-electron chi connectivity index (χ2n) is 2.94. The lowest BCUT2D eigenvalue weighted by atomic mass is 10.4. The molecule has 0 saturated carbocycles. The molecular formula is C11H11FN2O2S. The van der Waals surface area contributed by atoms with E-state index in [0.29, 0.717) is 0 Å². The second kappa shape index (κ2) is 6.80. The number of benzene rings is 1. The number of thioether (sulfide) groups is 1. The number of rotatable bonds is 4. The van der Waals surface area contributed by atoms with Crippen molar-refractivity contribution >= 4 is 16.8 Å². The summed E-state index contributed by atoms with van der Waals surface area (Å²) in [5.74, 6) is 0. The van der Waals surface area contributed by atoms with Crippen molar-refractivity contribution in [2.45, 2.75) is 4.90 Å². The van der Waals surface area contributed by atoms with Crippen LogP contribution >= 0.6 is 11.8 Å². The SMILES string of the molecule is C/N=C(Sc1ccccc1)\C(=C/CF)[N+](=O)[O-]. The Hall–Kier alpha value is -1.69. The van der Waals surface area contributed by atoms with Gasteiger partial charge in [0.15, 0.2) is 5.04 Å². The van der Waals surface area contributed by atoms with E-state index in [1.54, 1.807) is 0 Å². The van der Waals surface area contributed by atoms with Gasteiger partial charge in [-0.1, -0.05) is 30.0 Å². The van der Waals surface area contributed by atoms with E-state index in [2.05, 4.69) is 4.99 Å². The van der Waals surface area contributed by atoms with Crippen LogP contribution in [0.4, 0.5) is 4.39 Å². The summed E-state index contributed by atoms with van der Waals surface area (Å²) in [5, 5.41) is 10.9. The van der Waals surface area contributed by atoms with E-state index in [1.807, 2.05) is 30.3 Å². The van der Waals surface area contributed by atoms with E-state index in [1.165, 1.54) is 7.05 Å². The van der Waals surface area contributed by atoms with E-state index >= 15 is 0 Å². The number of allylic oxidation sites excluding steroid dienone is 1. The van der Waals surface area contributed by atoms with Crippen molar-refractivity contribution in [1.82, 2.24) is 0 Å². The molecule has 0 radical (unpaired) electrons. The fourth-order valence-corrected chi connectivity index (χ4v) is 2.00. The summed E-state index contributed by atoms with van der Waals surface area (Å²) >= 11 is 1.14. The molecule has 1 rings (SSSR count). The van der Waals surface area contributed by atoms with Gasteiger partial charge in [0.1, 0.15) is 6.67 Å². The molecule has 90 valence electrons. The molecule has 0 heterocycles. The highest BCUT2D eigenvalue weighted by atomic mass is 32.2. The van der Waals surface area contributed by atoms with Gasteiger partial charge in [-0.3, -0.25) is 15.1 Å². The molecule has 6 heteroatoms. The van der Waals surface area contributed by atoms with E-state index in [4.69, 9.17) is 0 Å². The Balaban J connectivity index is 2.93. The first kappa shape index (κ1) is 13.4. The lowest BCUT2D eigenvalue weighted by Crippen LogP contribution is -2.09.